The van der Waals surface area contributed by atoms with Crippen LogP contribution in [0.15, 0.2) is 18.2 Å². The molecule has 1 aromatic carbocycles. The van der Waals surface area contributed by atoms with E-state index in [1.165, 1.54) is 7.11 Å². The molecule has 0 aromatic heterocycles. The van der Waals surface area contributed by atoms with Gasteiger partial charge in [0.25, 0.3) is 0 Å². The summed E-state index contributed by atoms with van der Waals surface area (Å²) in [5.41, 5.74) is -0.196. The third kappa shape index (κ3) is 3.68. The first-order valence-corrected chi connectivity index (χ1v) is 5.46. The van der Waals surface area contributed by atoms with E-state index in [1.807, 2.05) is 0 Å². The molecule has 0 saturated carbocycles. The van der Waals surface area contributed by atoms with Gasteiger partial charge in [-0.25, -0.2) is 9.78 Å². The maximum Gasteiger partial charge on any atom is 0.313 e. The van der Waals surface area contributed by atoms with Crippen LogP contribution in [-0.4, -0.2) is 24.2 Å². The van der Waals surface area contributed by atoms with Crippen molar-refractivity contribution in [1.82, 2.24) is 0 Å². The van der Waals surface area contributed by atoms with Gasteiger partial charge in [0.2, 0.25) is 0 Å². The number of hydrogen-bond acceptors (Lipinski definition) is 5. The van der Waals surface area contributed by atoms with E-state index in [4.69, 9.17) is 9.62 Å². The molecule has 6 heteroatoms. The van der Waals surface area contributed by atoms with E-state index in [2.05, 4.69) is 4.89 Å². The van der Waals surface area contributed by atoms with E-state index in [0.29, 0.717) is 5.56 Å². The number of nitro benzene ring substituents is 1. The normalized spacial score (nSPS) is 11.3. The second kappa shape index (κ2) is 5.79. The summed E-state index contributed by atoms with van der Waals surface area (Å²) in [7, 11) is 1.39. The Labute approximate surface area is 106 Å². The average Bonchev–Trinajstić information content (AvgIpc) is 2.25. The molecule has 0 aliphatic rings. The molecule has 0 amide bonds. The summed E-state index contributed by atoms with van der Waals surface area (Å²) < 4.78 is 5.63. The number of hydrogen-bond donors (Lipinski definition) is 0. The van der Waals surface area contributed by atoms with Crippen LogP contribution in [0.25, 0.3) is 0 Å². The van der Waals surface area contributed by atoms with Gasteiger partial charge in [-0.05, 0) is 26.8 Å². The molecule has 0 radical (unpaired) electrons. The largest absolute Gasteiger partial charge is 0.478 e. The van der Waals surface area contributed by atoms with Gasteiger partial charge < -0.3 is 4.74 Å². The molecule has 0 unspecified atom stereocenters. The Morgan fingerprint density at radius 2 is 2.06 bits per heavy atom. The molecule has 0 aliphatic heterocycles. The lowest BCUT2D eigenvalue weighted by molar-refractivity contribution is -0.387. The van der Waals surface area contributed by atoms with Crippen molar-refractivity contribution in [1.29, 1.82) is 0 Å². The maximum atomic E-state index is 11.0. The van der Waals surface area contributed by atoms with Gasteiger partial charge in [-0.2, -0.15) is 0 Å². The maximum absolute atomic E-state index is 11.0. The van der Waals surface area contributed by atoms with Crippen LogP contribution in [0.4, 0.5) is 5.69 Å². The third-order valence-corrected chi connectivity index (χ3v) is 2.29. The SMILES string of the molecule is COOCC(C)(C)Oc1cccc(C)c1[N+](=O)[O-]. The van der Waals surface area contributed by atoms with E-state index in [9.17, 15) is 10.1 Å². The van der Waals surface area contributed by atoms with Crippen molar-refractivity contribution in [2.45, 2.75) is 26.4 Å². The van der Waals surface area contributed by atoms with Crippen molar-refractivity contribution in [3.63, 3.8) is 0 Å². The van der Waals surface area contributed by atoms with Crippen LogP contribution in [0, 0.1) is 17.0 Å². The van der Waals surface area contributed by atoms with Gasteiger partial charge >= 0.3 is 5.69 Å². The summed E-state index contributed by atoms with van der Waals surface area (Å²) in [6.45, 7) is 5.36. The average molecular weight is 255 g/mol. The van der Waals surface area contributed by atoms with Gasteiger partial charge in [-0.15, -0.1) is 0 Å². The van der Waals surface area contributed by atoms with Crippen LogP contribution in [-0.2, 0) is 9.78 Å². The van der Waals surface area contributed by atoms with E-state index in [-0.39, 0.29) is 18.0 Å². The highest BCUT2D eigenvalue weighted by atomic mass is 17.2. The monoisotopic (exact) mass is 255 g/mol. The second-order valence-electron chi connectivity index (χ2n) is 4.47. The first-order chi connectivity index (χ1) is 8.37. The Morgan fingerprint density at radius 1 is 1.39 bits per heavy atom. The molecule has 0 heterocycles. The highest BCUT2D eigenvalue weighted by molar-refractivity contribution is 5.52. The zero-order valence-corrected chi connectivity index (χ0v) is 10.9. The zero-order chi connectivity index (χ0) is 13.8. The molecule has 0 bridgehead atoms. The molecule has 0 saturated heterocycles. The number of nitrogens with zero attached hydrogens (tertiary/aromatic N) is 1. The molecule has 6 nitrogen and oxygen atoms in total. The first kappa shape index (κ1) is 14.4. The molecular formula is C12H17NO5. The standard InChI is InChI=1S/C12H17NO5/c1-9-6-5-7-10(11(9)13(14)15)18-12(2,3)8-17-16-4/h5-7H,8H2,1-4H3. The predicted octanol–water partition coefficient (Wildman–Crippen LogP) is 2.64. The van der Waals surface area contributed by atoms with Crippen LogP contribution >= 0.6 is 0 Å². The number of benzene rings is 1. The van der Waals surface area contributed by atoms with E-state index in [0.717, 1.165) is 0 Å². The van der Waals surface area contributed by atoms with E-state index in [1.54, 1.807) is 39.0 Å². The minimum Gasteiger partial charge on any atom is -0.478 e. The minimum absolute atomic E-state index is 0.0250. The quantitative estimate of drug-likeness (QED) is 0.444. The number of para-hydroxylation sites is 1. The highest BCUT2D eigenvalue weighted by Crippen LogP contribution is 2.32. The van der Waals surface area contributed by atoms with Gasteiger partial charge in [0.1, 0.15) is 12.2 Å². The van der Waals surface area contributed by atoms with Gasteiger partial charge in [-0.1, -0.05) is 12.1 Å². The number of nitro groups is 1. The fourth-order valence-electron chi connectivity index (χ4n) is 1.48. The van der Waals surface area contributed by atoms with Crippen molar-refractivity contribution in [3.8, 4) is 5.75 Å². The topological polar surface area (TPSA) is 70.8 Å². The molecule has 0 atom stereocenters. The smallest absolute Gasteiger partial charge is 0.313 e. The van der Waals surface area contributed by atoms with Gasteiger partial charge in [0.05, 0.1) is 12.0 Å². The predicted molar refractivity (Wildman–Crippen MR) is 65.5 cm³/mol. The van der Waals surface area contributed by atoms with Crippen LogP contribution in [0.1, 0.15) is 19.4 Å². The Hall–Kier alpha value is -1.66. The number of aryl methyl sites for hydroxylation is 1. The molecule has 1 rings (SSSR count). The summed E-state index contributed by atoms with van der Waals surface area (Å²) in [6, 6.07) is 4.95. The van der Waals surface area contributed by atoms with Gasteiger partial charge in [-0.3, -0.25) is 10.1 Å². The lowest BCUT2D eigenvalue weighted by Crippen LogP contribution is -2.34. The molecule has 0 fully saturated rings. The zero-order valence-electron chi connectivity index (χ0n) is 10.9. The Kier molecular flexibility index (Phi) is 4.63. The fraction of sp³-hybridized carbons (Fsp3) is 0.500. The van der Waals surface area contributed by atoms with Gasteiger partial charge in [0.15, 0.2) is 5.75 Å². The van der Waals surface area contributed by atoms with Crippen LogP contribution in [0.2, 0.25) is 0 Å². The fourth-order valence-corrected chi connectivity index (χ4v) is 1.48. The van der Waals surface area contributed by atoms with Gasteiger partial charge in [0, 0.05) is 5.56 Å². The van der Waals surface area contributed by atoms with E-state index < -0.39 is 10.5 Å². The van der Waals surface area contributed by atoms with E-state index >= 15 is 0 Å². The summed E-state index contributed by atoms with van der Waals surface area (Å²) in [5.74, 6) is 0.227. The molecule has 0 spiro atoms. The highest BCUT2D eigenvalue weighted by Gasteiger charge is 2.26. The number of rotatable bonds is 6. The van der Waals surface area contributed by atoms with Crippen molar-refractivity contribution in [2.75, 3.05) is 13.7 Å². The van der Waals surface area contributed by atoms with Crippen LogP contribution in [0.5, 0.6) is 5.75 Å². The summed E-state index contributed by atoms with van der Waals surface area (Å²) >= 11 is 0. The summed E-state index contributed by atoms with van der Waals surface area (Å²) in [5, 5.41) is 11.0. The molecule has 100 valence electrons. The van der Waals surface area contributed by atoms with Crippen molar-refractivity contribution in [3.05, 3.63) is 33.9 Å². The third-order valence-electron chi connectivity index (χ3n) is 2.29. The Morgan fingerprint density at radius 3 is 2.61 bits per heavy atom. The molecule has 1 aromatic rings. The lowest BCUT2D eigenvalue weighted by atomic mass is 10.1. The lowest BCUT2D eigenvalue weighted by Gasteiger charge is -2.25. The summed E-state index contributed by atoms with van der Waals surface area (Å²) in [6.07, 6.45) is 0. The van der Waals surface area contributed by atoms with Crippen molar-refractivity contribution < 1.29 is 19.4 Å². The minimum atomic E-state index is -0.728. The molecular weight excluding hydrogens is 238 g/mol. The van der Waals surface area contributed by atoms with Crippen LogP contribution in [0.3, 0.4) is 0 Å². The number of ether oxygens (including phenoxy) is 1. The van der Waals surface area contributed by atoms with Crippen molar-refractivity contribution in [2.24, 2.45) is 0 Å². The molecule has 0 N–H and O–H groups in total. The first-order valence-electron chi connectivity index (χ1n) is 5.46. The Balaban J connectivity index is 2.97. The molecule has 0 aliphatic carbocycles. The Bertz CT molecular complexity index is 430. The van der Waals surface area contributed by atoms with Crippen molar-refractivity contribution >= 4 is 5.69 Å². The second-order valence-corrected chi connectivity index (χ2v) is 4.47. The molecule has 18 heavy (non-hydrogen) atoms. The summed E-state index contributed by atoms with van der Waals surface area (Å²) in [4.78, 5) is 19.9. The van der Waals surface area contributed by atoms with Crippen LogP contribution < -0.4 is 4.74 Å².